The maximum atomic E-state index is 8.53. The molecule has 0 aromatic rings. The van der Waals surface area contributed by atoms with Gasteiger partial charge in [-0.15, -0.1) is 0 Å². The molecule has 1 fully saturated rings. The molecule has 0 aliphatic carbocycles. The molecule has 0 aromatic carbocycles. The third-order valence-corrected chi connectivity index (χ3v) is 2.34. The number of hydrogen-bond donors (Lipinski definition) is 2. The van der Waals surface area contributed by atoms with E-state index < -0.39 is 0 Å². The highest BCUT2D eigenvalue weighted by molar-refractivity contribution is 4.77. The van der Waals surface area contributed by atoms with Gasteiger partial charge in [0.15, 0.2) is 0 Å². The van der Waals surface area contributed by atoms with E-state index >= 15 is 0 Å². The van der Waals surface area contributed by atoms with Crippen LogP contribution in [0.4, 0.5) is 0 Å². The smallest absolute Gasteiger partial charge is 0.0555 e. The molecule has 0 unspecified atom stereocenters. The quantitative estimate of drug-likeness (QED) is 0.550. The van der Waals surface area contributed by atoms with Gasteiger partial charge in [0.2, 0.25) is 0 Å². The van der Waals surface area contributed by atoms with Crippen LogP contribution in [0.5, 0.6) is 0 Å². The van der Waals surface area contributed by atoms with Crippen LogP contribution in [-0.2, 0) is 0 Å². The van der Waals surface area contributed by atoms with E-state index in [9.17, 15) is 0 Å². The van der Waals surface area contributed by atoms with Crippen LogP contribution in [0.2, 0.25) is 0 Å². The van der Waals surface area contributed by atoms with E-state index in [1.807, 2.05) is 0 Å². The van der Waals surface area contributed by atoms with Crippen LogP contribution in [0.3, 0.4) is 0 Å². The first kappa shape index (κ1) is 8.97. The highest BCUT2D eigenvalue weighted by Crippen LogP contribution is 2.13. The average molecular weight is 158 g/mol. The normalized spacial score (nSPS) is 26.2. The Bertz CT molecular complexity index is 108. The van der Waals surface area contributed by atoms with Crippen LogP contribution in [0.1, 0.15) is 12.8 Å². The van der Waals surface area contributed by atoms with E-state index in [1.54, 1.807) is 0 Å². The first-order chi connectivity index (χ1) is 5.34. The van der Waals surface area contributed by atoms with Crippen molar-refractivity contribution in [3.8, 4) is 0 Å². The highest BCUT2D eigenvalue weighted by Gasteiger charge is 2.19. The number of likely N-dealkylation sites (N-methyl/N-ethyl adjacent to an activating group) is 1. The molecule has 0 radical (unpaired) electrons. The second kappa shape index (κ2) is 4.70. The second-order valence-corrected chi connectivity index (χ2v) is 3.20. The Balaban J connectivity index is 2.05. The fourth-order valence-corrected chi connectivity index (χ4v) is 1.58. The van der Waals surface area contributed by atoms with Gasteiger partial charge in [0.25, 0.3) is 0 Å². The summed E-state index contributed by atoms with van der Waals surface area (Å²) in [6, 6.07) is 0.696. The molecule has 3 heteroatoms. The minimum Gasteiger partial charge on any atom is -0.395 e. The predicted molar refractivity (Wildman–Crippen MR) is 45.6 cm³/mol. The van der Waals surface area contributed by atoms with Crippen molar-refractivity contribution in [3.63, 3.8) is 0 Å². The maximum absolute atomic E-state index is 8.53. The summed E-state index contributed by atoms with van der Waals surface area (Å²) in [4.78, 5) is 2.38. The SMILES string of the molecule is CN1CCC[C@@H]1CNCCO. The number of aliphatic hydroxyl groups excluding tert-OH is 1. The molecule has 0 aromatic heterocycles. The van der Waals surface area contributed by atoms with Crippen molar-refractivity contribution in [2.75, 3.05) is 33.3 Å². The first-order valence-electron chi connectivity index (χ1n) is 4.36. The van der Waals surface area contributed by atoms with Crippen molar-refractivity contribution in [2.24, 2.45) is 0 Å². The molecule has 2 N–H and O–H groups in total. The number of likely N-dealkylation sites (tertiary alicyclic amines) is 1. The zero-order chi connectivity index (χ0) is 8.10. The van der Waals surface area contributed by atoms with Crippen LogP contribution in [0.25, 0.3) is 0 Å². The van der Waals surface area contributed by atoms with Crippen LogP contribution < -0.4 is 5.32 Å². The summed E-state index contributed by atoms with van der Waals surface area (Å²) < 4.78 is 0. The molecule has 1 aliphatic rings. The minimum atomic E-state index is 0.246. The van der Waals surface area contributed by atoms with Gasteiger partial charge in [-0.25, -0.2) is 0 Å². The Morgan fingerprint density at radius 1 is 1.64 bits per heavy atom. The lowest BCUT2D eigenvalue weighted by molar-refractivity contribution is 0.268. The number of nitrogens with zero attached hydrogens (tertiary/aromatic N) is 1. The number of rotatable bonds is 4. The fourth-order valence-electron chi connectivity index (χ4n) is 1.58. The molecule has 3 nitrogen and oxygen atoms in total. The van der Waals surface area contributed by atoms with E-state index in [2.05, 4.69) is 17.3 Å². The first-order valence-corrected chi connectivity index (χ1v) is 4.36. The lowest BCUT2D eigenvalue weighted by atomic mass is 10.2. The summed E-state index contributed by atoms with van der Waals surface area (Å²) in [6.07, 6.45) is 2.62. The number of aliphatic hydroxyl groups is 1. The third-order valence-electron chi connectivity index (χ3n) is 2.34. The second-order valence-electron chi connectivity index (χ2n) is 3.20. The summed E-state index contributed by atoms with van der Waals surface area (Å²) in [6.45, 7) is 3.23. The van der Waals surface area contributed by atoms with Crippen LogP contribution in [0.15, 0.2) is 0 Å². The van der Waals surface area contributed by atoms with Crippen LogP contribution >= 0.6 is 0 Å². The average Bonchev–Trinajstić information content (AvgIpc) is 2.37. The number of nitrogens with one attached hydrogen (secondary N) is 1. The Morgan fingerprint density at radius 3 is 3.00 bits per heavy atom. The van der Waals surface area contributed by atoms with Crippen molar-refractivity contribution < 1.29 is 5.11 Å². The molecule has 1 heterocycles. The summed E-state index contributed by atoms with van der Waals surface area (Å²) in [7, 11) is 2.16. The summed E-state index contributed by atoms with van der Waals surface area (Å²) in [5.74, 6) is 0. The molecule has 1 aliphatic heterocycles. The number of hydrogen-bond acceptors (Lipinski definition) is 3. The van der Waals surface area contributed by atoms with E-state index in [1.165, 1.54) is 19.4 Å². The van der Waals surface area contributed by atoms with Gasteiger partial charge in [-0.2, -0.15) is 0 Å². The fraction of sp³-hybridized carbons (Fsp3) is 1.00. The van der Waals surface area contributed by atoms with Gasteiger partial charge in [0.1, 0.15) is 0 Å². The van der Waals surface area contributed by atoms with E-state index in [0.29, 0.717) is 6.04 Å². The van der Waals surface area contributed by atoms with Crippen molar-refractivity contribution in [1.29, 1.82) is 0 Å². The van der Waals surface area contributed by atoms with Crippen molar-refractivity contribution >= 4 is 0 Å². The lowest BCUT2D eigenvalue weighted by Crippen LogP contribution is -2.36. The Morgan fingerprint density at radius 2 is 2.45 bits per heavy atom. The third kappa shape index (κ3) is 2.77. The molecule has 11 heavy (non-hydrogen) atoms. The summed E-state index contributed by atoms with van der Waals surface area (Å²) >= 11 is 0. The predicted octanol–water partition coefficient (Wildman–Crippen LogP) is -0.338. The van der Waals surface area contributed by atoms with Gasteiger partial charge in [-0.05, 0) is 26.4 Å². The van der Waals surface area contributed by atoms with Gasteiger partial charge >= 0.3 is 0 Å². The standard InChI is InChI=1S/C8H18N2O/c1-10-5-2-3-8(10)7-9-4-6-11/h8-9,11H,2-7H2,1H3/t8-/m1/s1. The molecule has 0 saturated carbocycles. The molecular formula is C8H18N2O. The van der Waals surface area contributed by atoms with E-state index in [0.717, 1.165) is 13.1 Å². The van der Waals surface area contributed by atoms with Crippen LogP contribution in [-0.4, -0.2) is 49.3 Å². The molecule has 1 saturated heterocycles. The Hall–Kier alpha value is -0.120. The molecule has 66 valence electrons. The highest BCUT2D eigenvalue weighted by atomic mass is 16.3. The van der Waals surface area contributed by atoms with Gasteiger partial charge in [0.05, 0.1) is 6.61 Å². The molecule has 1 rings (SSSR count). The lowest BCUT2D eigenvalue weighted by Gasteiger charge is -2.19. The van der Waals surface area contributed by atoms with Crippen LogP contribution in [0, 0.1) is 0 Å². The maximum Gasteiger partial charge on any atom is 0.0555 e. The van der Waals surface area contributed by atoms with Crippen molar-refractivity contribution in [1.82, 2.24) is 10.2 Å². The zero-order valence-electron chi connectivity index (χ0n) is 7.21. The Labute approximate surface area is 68.4 Å². The molecular weight excluding hydrogens is 140 g/mol. The van der Waals surface area contributed by atoms with E-state index in [-0.39, 0.29) is 6.61 Å². The minimum absolute atomic E-state index is 0.246. The largest absolute Gasteiger partial charge is 0.395 e. The van der Waals surface area contributed by atoms with E-state index in [4.69, 9.17) is 5.11 Å². The monoisotopic (exact) mass is 158 g/mol. The Kier molecular flexibility index (Phi) is 3.83. The molecule has 1 atom stereocenters. The zero-order valence-corrected chi connectivity index (χ0v) is 7.21. The molecule has 0 amide bonds. The summed E-state index contributed by atoms with van der Waals surface area (Å²) in [5, 5.41) is 11.7. The topological polar surface area (TPSA) is 35.5 Å². The van der Waals surface area contributed by atoms with Crippen molar-refractivity contribution in [2.45, 2.75) is 18.9 Å². The van der Waals surface area contributed by atoms with Crippen molar-refractivity contribution in [3.05, 3.63) is 0 Å². The van der Waals surface area contributed by atoms with Gasteiger partial charge in [-0.1, -0.05) is 0 Å². The van der Waals surface area contributed by atoms with Gasteiger partial charge in [0, 0.05) is 19.1 Å². The summed E-state index contributed by atoms with van der Waals surface area (Å²) in [5.41, 5.74) is 0. The van der Waals surface area contributed by atoms with Gasteiger partial charge in [-0.3, -0.25) is 0 Å². The van der Waals surface area contributed by atoms with Gasteiger partial charge < -0.3 is 15.3 Å². The molecule has 0 bridgehead atoms. The molecule has 0 spiro atoms.